The molecule has 1 aromatic rings. The van der Waals surface area contributed by atoms with Gasteiger partial charge in [0.05, 0.1) is 0 Å². The first-order chi connectivity index (χ1) is 8.31. The second kappa shape index (κ2) is 4.69. The number of hydrogen-bond donors (Lipinski definition) is 1. The lowest BCUT2D eigenvalue weighted by atomic mass is 10.1. The average molecular weight is 230 g/mol. The Morgan fingerprint density at radius 1 is 1.18 bits per heavy atom. The second-order valence-corrected chi connectivity index (χ2v) is 5.62. The van der Waals surface area contributed by atoms with Crippen LogP contribution < -0.4 is 10.2 Å². The molecular formula is C15H22N2. The topological polar surface area (TPSA) is 15.3 Å². The maximum atomic E-state index is 3.65. The summed E-state index contributed by atoms with van der Waals surface area (Å²) < 4.78 is 0. The average Bonchev–Trinajstić information content (AvgIpc) is 3.06. The molecule has 0 bridgehead atoms. The van der Waals surface area contributed by atoms with E-state index in [0.29, 0.717) is 0 Å². The van der Waals surface area contributed by atoms with E-state index < -0.39 is 0 Å². The Bertz CT molecular complexity index is 367. The number of rotatable bonds is 4. The zero-order valence-electron chi connectivity index (χ0n) is 10.7. The van der Waals surface area contributed by atoms with Crippen LogP contribution in [0.15, 0.2) is 24.3 Å². The molecule has 0 spiro atoms. The molecule has 0 amide bonds. The second-order valence-electron chi connectivity index (χ2n) is 5.62. The van der Waals surface area contributed by atoms with Crippen LogP contribution in [-0.2, 0) is 0 Å². The highest BCUT2D eigenvalue weighted by atomic mass is 15.2. The van der Waals surface area contributed by atoms with Gasteiger partial charge in [-0.15, -0.1) is 0 Å². The lowest BCUT2D eigenvalue weighted by molar-refractivity contribution is 0.515. The largest absolute Gasteiger partial charge is 0.371 e. The van der Waals surface area contributed by atoms with Crippen LogP contribution in [-0.4, -0.2) is 25.7 Å². The molecule has 1 saturated heterocycles. The van der Waals surface area contributed by atoms with Crippen molar-refractivity contribution in [1.82, 2.24) is 5.32 Å². The minimum absolute atomic E-state index is 0.844. The van der Waals surface area contributed by atoms with Gasteiger partial charge in [-0.1, -0.05) is 17.7 Å². The summed E-state index contributed by atoms with van der Waals surface area (Å²) in [5.74, 6) is 0.844. The van der Waals surface area contributed by atoms with Crippen LogP contribution in [0.25, 0.3) is 0 Å². The third-order valence-electron chi connectivity index (χ3n) is 3.96. The van der Waals surface area contributed by atoms with Crippen LogP contribution in [0.5, 0.6) is 0 Å². The van der Waals surface area contributed by atoms with E-state index in [1.54, 1.807) is 0 Å². The fourth-order valence-electron chi connectivity index (χ4n) is 2.61. The standard InChI is InChI=1S/C15H22N2/c1-12-2-6-15(7-3-12)17-9-8-13(11-17)10-16-14-4-5-14/h2-3,6-7,13-14,16H,4-5,8-11H2,1H3. The fourth-order valence-corrected chi connectivity index (χ4v) is 2.61. The molecule has 0 aromatic heterocycles. The Morgan fingerprint density at radius 3 is 2.65 bits per heavy atom. The molecule has 2 fully saturated rings. The molecule has 1 heterocycles. The van der Waals surface area contributed by atoms with Crippen molar-refractivity contribution in [1.29, 1.82) is 0 Å². The minimum atomic E-state index is 0.844. The Hall–Kier alpha value is -1.02. The molecule has 2 heteroatoms. The summed E-state index contributed by atoms with van der Waals surface area (Å²) in [7, 11) is 0. The van der Waals surface area contributed by atoms with E-state index in [9.17, 15) is 0 Å². The quantitative estimate of drug-likeness (QED) is 0.855. The number of hydrogen-bond acceptors (Lipinski definition) is 2. The first-order valence-electron chi connectivity index (χ1n) is 6.86. The fraction of sp³-hybridized carbons (Fsp3) is 0.600. The van der Waals surface area contributed by atoms with Gasteiger partial charge in [-0.3, -0.25) is 0 Å². The molecule has 2 nitrogen and oxygen atoms in total. The van der Waals surface area contributed by atoms with E-state index in [0.717, 1.165) is 12.0 Å². The number of nitrogens with one attached hydrogen (secondary N) is 1. The zero-order valence-corrected chi connectivity index (χ0v) is 10.7. The first kappa shape index (κ1) is 11.1. The number of aryl methyl sites for hydroxylation is 1. The molecule has 1 N–H and O–H groups in total. The summed E-state index contributed by atoms with van der Waals surface area (Å²) in [4.78, 5) is 2.53. The van der Waals surface area contributed by atoms with Crippen molar-refractivity contribution in [3.05, 3.63) is 29.8 Å². The lowest BCUT2D eigenvalue weighted by Gasteiger charge is -2.19. The van der Waals surface area contributed by atoms with E-state index in [-0.39, 0.29) is 0 Å². The Balaban J connectivity index is 1.53. The number of nitrogens with zero attached hydrogens (tertiary/aromatic N) is 1. The molecule has 1 aliphatic heterocycles. The van der Waals surface area contributed by atoms with E-state index >= 15 is 0 Å². The van der Waals surface area contributed by atoms with Crippen molar-refractivity contribution < 1.29 is 0 Å². The summed E-state index contributed by atoms with van der Waals surface area (Å²) in [6.07, 6.45) is 4.14. The molecule has 1 aliphatic carbocycles. The van der Waals surface area contributed by atoms with E-state index in [4.69, 9.17) is 0 Å². The summed E-state index contributed by atoms with van der Waals surface area (Å²) in [6.45, 7) is 5.81. The third-order valence-corrected chi connectivity index (χ3v) is 3.96. The van der Waals surface area contributed by atoms with Gasteiger partial charge < -0.3 is 10.2 Å². The van der Waals surface area contributed by atoms with Crippen LogP contribution in [0.2, 0.25) is 0 Å². The van der Waals surface area contributed by atoms with Crippen LogP contribution in [0.1, 0.15) is 24.8 Å². The molecule has 17 heavy (non-hydrogen) atoms. The van der Waals surface area contributed by atoms with Crippen molar-refractivity contribution in [2.45, 2.75) is 32.2 Å². The zero-order chi connectivity index (χ0) is 11.7. The van der Waals surface area contributed by atoms with Gasteiger partial charge in [-0.05, 0) is 50.8 Å². The predicted octanol–water partition coefficient (Wildman–Crippen LogP) is 2.57. The molecular weight excluding hydrogens is 208 g/mol. The Kier molecular flexibility index (Phi) is 3.06. The van der Waals surface area contributed by atoms with Gasteiger partial charge >= 0.3 is 0 Å². The van der Waals surface area contributed by atoms with Gasteiger partial charge in [0.15, 0.2) is 0 Å². The molecule has 1 unspecified atom stereocenters. The highest BCUT2D eigenvalue weighted by molar-refractivity contribution is 5.48. The first-order valence-corrected chi connectivity index (χ1v) is 6.86. The van der Waals surface area contributed by atoms with Gasteiger partial charge in [0, 0.05) is 24.8 Å². The van der Waals surface area contributed by atoms with Crippen LogP contribution >= 0.6 is 0 Å². The third kappa shape index (κ3) is 2.81. The molecule has 92 valence electrons. The Labute approximate surface area is 104 Å². The highest BCUT2D eigenvalue weighted by Crippen LogP contribution is 2.25. The number of anilines is 1. The summed E-state index contributed by atoms with van der Waals surface area (Å²) in [5, 5.41) is 3.65. The minimum Gasteiger partial charge on any atom is -0.371 e. The molecule has 0 radical (unpaired) electrons. The molecule has 2 aliphatic rings. The van der Waals surface area contributed by atoms with Crippen molar-refractivity contribution >= 4 is 5.69 Å². The SMILES string of the molecule is Cc1ccc(N2CCC(CNC3CC3)C2)cc1. The summed E-state index contributed by atoms with van der Waals surface area (Å²) in [6, 6.07) is 9.79. The molecule has 1 aromatic carbocycles. The number of benzene rings is 1. The van der Waals surface area contributed by atoms with Crippen molar-refractivity contribution in [2.24, 2.45) is 5.92 Å². The maximum Gasteiger partial charge on any atom is 0.0366 e. The van der Waals surface area contributed by atoms with Gasteiger partial charge in [0.25, 0.3) is 0 Å². The highest BCUT2D eigenvalue weighted by Gasteiger charge is 2.26. The molecule has 1 atom stereocenters. The maximum absolute atomic E-state index is 3.65. The van der Waals surface area contributed by atoms with Crippen molar-refractivity contribution in [3.8, 4) is 0 Å². The normalized spacial score (nSPS) is 24.3. The summed E-state index contributed by atoms with van der Waals surface area (Å²) in [5.41, 5.74) is 2.74. The molecule has 3 rings (SSSR count). The van der Waals surface area contributed by atoms with E-state index in [1.807, 2.05) is 0 Å². The van der Waals surface area contributed by atoms with Crippen LogP contribution in [0.4, 0.5) is 5.69 Å². The van der Waals surface area contributed by atoms with Gasteiger partial charge in [-0.25, -0.2) is 0 Å². The molecule has 1 saturated carbocycles. The monoisotopic (exact) mass is 230 g/mol. The van der Waals surface area contributed by atoms with Crippen molar-refractivity contribution in [2.75, 3.05) is 24.5 Å². The summed E-state index contributed by atoms with van der Waals surface area (Å²) >= 11 is 0. The smallest absolute Gasteiger partial charge is 0.0366 e. The van der Waals surface area contributed by atoms with Crippen LogP contribution in [0.3, 0.4) is 0 Å². The van der Waals surface area contributed by atoms with Gasteiger partial charge in [0.1, 0.15) is 0 Å². The van der Waals surface area contributed by atoms with Gasteiger partial charge in [0.2, 0.25) is 0 Å². The van der Waals surface area contributed by atoms with Crippen molar-refractivity contribution in [3.63, 3.8) is 0 Å². The van der Waals surface area contributed by atoms with Gasteiger partial charge in [-0.2, -0.15) is 0 Å². The lowest BCUT2D eigenvalue weighted by Crippen LogP contribution is -2.27. The van der Waals surface area contributed by atoms with E-state index in [1.165, 1.54) is 50.1 Å². The van der Waals surface area contributed by atoms with E-state index in [2.05, 4.69) is 41.4 Å². The van der Waals surface area contributed by atoms with Crippen LogP contribution in [0, 0.1) is 12.8 Å². The predicted molar refractivity (Wildman–Crippen MR) is 72.5 cm³/mol. The Morgan fingerprint density at radius 2 is 1.94 bits per heavy atom.